The summed E-state index contributed by atoms with van der Waals surface area (Å²) in [5, 5.41) is 12.8. The van der Waals surface area contributed by atoms with Crippen molar-refractivity contribution in [3.8, 4) is 0 Å². The van der Waals surface area contributed by atoms with Gasteiger partial charge in [-0.15, -0.1) is 0 Å². The Balaban J connectivity index is 4.76. The summed E-state index contributed by atoms with van der Waals surface area (Å²) in [6, 6.07) is 0. The standard InChI is InChI=1S/C19H35NO9S/c1-6-9-15(22)28-16(10-7-2)29-18(24)17(23)19(4,5)13-27-30(25,26)12-8-11-20-14(3)21/h16-17,23H,6-13H2,1-5H3,(H,20,21)/t16?,17-/m0/s1. The molecule has 0 aliphatic carbocycles. The summed E-state index contributed by atoms with van der Waals surface area (Å²) in [7, 11) is -3.91. The van der Waals surface area contributed by atoms with Gasteiger partial charge in [-0.3, -0.25) is 13.8 Å². The maximum Gasteiger partial charge on any atom is 0.338 e. The van der Waals surface area contributed by atoms with E-state index >= 15 is 0 Å². The maximum atomic E-state index is 12.3. The van der Waals surface area contributed by atoms with E-state index in [-0.39, 0.29) is 37.5 Å². The molecule has 1 unspecified atom stereocenters. The molecule has 0 aliphatic heterocycles. The van der Waals surface area contributed by atoms with E-state index in [1.54, 1.807) is 0 Å². The first kappa shape index (κ1) is 28.3. The Morgan fingerprint density at radius 3 is 2.27 bits per heavy atom. The van der Waals surface area contributed by atoms with Crippen molar-refractivity contribution >= 4 is 28.0 Å². The maximum absolute atomic E-state index is 12.3. The number of amides is 1. The molecular weight excluding hydrogens is 418 g/mol. The van der Waals surface area contributed by atoms with Crippen LogP contribution in [-0.2, 0) is 38.2 Å². The predicted octanol–water partition coefficient (Wildman–Crippen LogP) is 1.26. The second-order valence-electron chi connectivity index (χ2n) is 7.65. The summed E-state index contributed by atoms with van der Waals surface area (Å²) in [6.07, 6.45) is -1.04. The van der Waals surface area contributed by atoms with Crippen LogP contribution < -0.4 is 5.32 Å². The molecule has 30 heavy (non-hydrogen) atoms. The van der Waals surface area contributed by atoms with Gasteiger partial charge in [-0.05, 0) is 19.3 Å². The average molecular weight is 454 g/mol. The lowest BCUT2D eigenvalue weighted by molar-refractivity contribution is -0.199. The second kappa shape index (κ2) is 13.6. The van der Waals surface area contributed by atoms with Crippen molar-refractivity contribution in [3.63, 3.8) is 0 Å². The predicted molar refractivity (Wildman–Crippen MR) is 109 cm³/mol. The lowest BCUT2D eigenvalue weighted by Gasteiger charge is -2.29. The Hall–Kier alpha value is -1.72. The molecule has 0 bridgehead atoms. The Bertz CT molecular complexity index is 661. The fraction of sp³-hybridized carbons (Fsp3) is 0.842. The largest absolute Gasteiger partial charge is 0.425 e. The third kappa shape index (κ3) is 12.1. The van der Waals surface area contributed by atoms with Crippen molar-refractivity contribution in [1.82, 2.24) is 5.32 Å². The van der Waals surface area contributed by atoms with Crippen molar-refractivity contribution in [1.29, 1.82) is 0 Å². The van der Waals surface area contributed by atoms with E-state index in [1.807, 2.05) is 13.8 Å². The fourth-order valence-corrected chi connectivity index (χ4v) is 3.29. The van der Waals surface area contributed by atoms with E-state index < -0.39 is 46.5 Å². The summed E-state index contributed by atoms with van der Waals surface area (Å²) < 4.78 is 39.1. The SMILES string of the molecule is CCCC(=O)OC(CCC)OC(=O)[C@H](O)C(C)(C)COS(=O)(=O)CCCNC(C)=O. The molecule has 0 aromatic rings. The first-order valence-electron chi connectivity index (χ1n) is 10.0. The van der Waals surface area contributed by atoms with E-state index in [9.17, 15) is 27.9 Å². The second-order valence-corrected chi connectivity index (χ2v) is 9.41. The number of hydrogen-bond donors (Lipinski definition) is 2. The van der Waals surface area contributed by atoms with Gasteiger partial charge < -0.3 is 19.9 Å². The van der Waals surface area contributed by atoms with Gasteiger partial charge in [0.25, 0.3) is 10.1 Å². The summed E-state index contributed by atoms with van der Waals surface area (Å²) in [5.74, 6) is -2.13. The summed E-state index contributed by atoms with van der Waals surface area (Å²) in [6.45, 7) is 7.57. The van der Waals surface area contributed by atoms with Crippen molar-refractivity contribution in [2.75, 3.05) is 18.9 Å². The topological polar surface area (TPSA) is 145 Å². The zero-order valence-corrected chi connectivity index (χ0v) is 19.2. The van der Waals surface area contributed by atoms with Gasteiger partial charge in [-0.2, -0.15) is 8.42 Å². The normalized spacial score (nSPS) is 13.9. The molecule has 0 heterocycles. The van der Waals surface area contributed by atoms with Crippen LogP contribution in [0, 0.1) is 5.41 Å². The van der Waals surface area contributed by atoms with Crippen LogP contribution in [0.3, 0.4) is 0 Å². The summed E-state index contributed by atoms with van der Waals surface area (Å²) in [4.78, 5) is 34.7. The minimum atomic E-state index is -3.91. The van der Waals surface area contributed by atoms with Crippen molar-refractivity contribution in [2.45, 2.75) is 79.1 Å². The van der Waals surface area contributed by atoms with Gasteiger partial charge >= 0.3 is 11.9 Å². The van der Waals surface area contributed by atoms with Gasteiger partial charge in [0, 0.05) is 31.7 Å². The van der Waals surface area contributed by atoms with Crippen LogP contribution in [-0.4, -0.2) is 62.7 Å². The Labute approximate surface area is 178 Å². The first-order chi connectivity index (χ1) is 13.8. The van der Waals surface area contributed by atoms with Crippen molar-refractivity contribution in [2.24, 2.45) is 5.41 Å². The minimum Gasteiger partial charge on any atom is -0.425 e. The highest BCUT2D eigenvalue weighted by Gasteiger charge is 2.38. The van der Waals surface area contributed by atoms with Crippen LogP contribution >= 0.6 is 0 Å². The van der Waals surface area contributed by atoms with E-state index in [0.29, 0.717) is 12.8 Å². The molecule has 0 aromatic heterocycles. The van der Waals surface area contributed by atoms with Gasteiger partial charge in [-0.1, -0.05) is 27.7 Å². The van der Waals surface area contributed by atoms with Crippen LogP contribution in [0.2, 0.25) is 0 Å². The lowest BCUT2D eigenvalue weighted by Crippen LogP contribution is -2.43. The average Bonchev–Trinajstić information content (AvgIpc) is 2.63. The molecule has 11 heteroatoms. The monoisotopic (exact) mass is 453 g/mol. The molecule has 0 spiro atoms. The number of nitrogens with one attached hydrogen (secondary N) is 1. The number of rotatable bonds is 15. The molecule has 1 amide bonds. The van der Waals surface area contributed by atoms with Crippen LogP contribution in [0.1, 0.15) is 66.7 Å². The van der Waals surface area contributed by atoms with Crippen molar-refractivity contribution in [3.05, 3.63) is 0 Å². The third-order valence-corrected chi connectivity index (χ3v) is 5.27. The molecule has 2 N–H and O–H groups in total. The number of esters is 2. The zero-order chi connectivity index (χ0) is 23.4. The lowest BCUT2D eigenvalue weighted by atomic mass is 9.87. The molecular formula is C19H35NO9S. The van der Waals surface area contributed by atoms with Gasteiger partial charge in [0.05, 0.1) is 12.4 Å². The van der Waals surface area contributed by atoms with Crippen LogP contribution in [0.15, 0.2) is 0 Å². The molecule has 0 saturated carbocycles. The van der Waals surface area contributed by atoms with E-state index in [0.717, 1.165) is 0 Å². The quantitative estimate of drug-likeness (QED) is 0.162. The zero-order valence-electron chi connectivity index (χ0n) is 18.4. The molecule has 10 nitrogen and oxygen atoms in total. The van der Waals surface area contributed by atoms with Gasteiger partial charge in [0.2, 0.25) is 12.2 Å². The van der Waals surface area contributed by atoms with E-state index in [4.69, 9.17) is 13.7 Å². The molecule has 0 rings (SSSR count). The van der Waals surface area contributed by atoms with Crippen LogP contribution in [0.4, 0.5) is 0 Å². The summed E-state index contributed by atoms with van der Waals surface area (Å²) in [5.41, 5.74) is -1.29. The number of carbonyl (C=O) groups is 3. The molecule has 0 radical (unpaired) electrons. The van der Waals surface area contributed by atoms with E-state index in [1.165, 1.54) is 20.8 Å². The number of carbonyl (C=O) groups excluding carboxylic acids is 3. The highest BCUT2D eigenvalue weighted by atomic mass is 32.2. The fourth-order valence-electron chi connectivity index (χ4n) is 2.19. The molecule has 0 aromatic carbocycles. The Morgan fingerprint density at radius 2 is 1.73 bits per heavy atom. The van der Waals surface area contributed by atoms with Crippen LogP contribution in [0.25, 0.3) is 0 Å². The number of aliphatic hydroxyl groups is 1. The molecule has 2 atom stereocenters. The smallest absolute Gasteiger partial charge is 0.338 e. The highest BCUT2D eigenvalue weighted by molar-refractivity contribution is 7.86. The number of hydrogen-bond acceptors (Lipinski definition) is 9. The third-order valence-electron chi connectivity index (χ3n) is 4.01. The van der Waals surface area contributed by atoms with E-state index in [2.05, 4.69) is 5.32 Å². The molecule has 0 fully saturated rings. The molecule has 0 saturated heterocycles. The van der Waals surface area contributed by atoms with Crippen LogP contribution in [0.5, 0.6) is 0 Å². The van der Waals surface area contributed by atoms with Gasteiger partial charge in [-0.25, -0.2) is 4.79 Å². The van der Waals surface area contributed by atoms with Gasteiger partial charge in [0.15, 0.2) is 6.10 Å². The molecule has 176 valence electrons. The Morgan fingerprint density at radius 1 is 1.10 bits per heavy atom. The summed E-state index contributed by atoms with van der Waals surface area (Å²) >= 11 is 0. The van der Waals surface area contributed by atoms with Crippen molar-refractivity contribution < 1.29 is 41.6 Å². The molecule has 0 aliphatic rings. The number of ether oxygens (including phenoxy) is 2. The Kier molecular flexibility index (Phi) is 12.8. The number of aliphatic hydroxyl groups excluding tert-OH is 1. The highest BCUT2D eigenvalue weighted by Crippen LogP contribution is 2.24. The minimum absolute atomic E-state index is 0.161. The van der Waals surface area contributed by atoms with Gasteiger partial charge in [0.1, 0.15) is 0 Å². The first-order valence-corrected chi connectivity index (χ1v) is 11.6.